The normalized spacial score (nSPS) is 10.2. The Kier molecular flexibility index (Phi) is 4.71. The van der Waals surface area contributed by atoms with Crippen LogP contribution in [0.4, 0.5) is 0 Å². The molecular weight excluding hydrogens is 234 g/mol. The second kappa shape index (κ2) is 6.05. The number of carbonyl (C=O) groups is 2. The van der Waals surface area contributed by atoms with Crippen molar-refractivity contribution in [2.75, 3.05) is 13.7 Å². The van der Waals surface area contributed by atoms with Gasteiger partial charge in [0.05, 0.1) is 0 Å². The minimum Gasteiger partial charge on any atom is -0.483 e. The third-order valence-electron chi connectivity index (χ3n) is 2.64. The summed E-state index contributed by atoms with van der Waals surface area (Å²) in [4.78, 5) is 24.2. The van der Waals surface area contributed by atoms with E-state index in [-0.39, 0.29) is 29.9 Å². The molecule has 0 unspecified atom stereocenters. The van der Waals surface area contributed by atoms with E-state index in [1.165, 1.54) is 12.1 Å². The summed E-state index contributed by atoms with van der Waals surface area (Å²) in [5.41, 5.74) is 0.0532. The van der Waals surface area contributed by atoms with Gasteiger partial charge < -0.3 is 14.7 Å². The first-order valence-corrected chi connectivity index (χ1v) is 5.64. The molecule has 0 aliphatic carbocycles. The average Bonchev–Trinajstić information content (AvgIpc) is 2.35. The Morgan fingerprint density at radius 2 is 1.94 bits per heavy atom. The molecule has 1 amide bonds. The molecule has 0 aromatic heterocycles. The summed E-state index contributed by atoms with van der Waals surface area (Å²) < 4.78 is 5.26. The minimum atomic E-state index is -1.07. The first-order chi connectivity index (χ1) is 8.43. The predicted octanol–water partition coefficient (Wildman–Crippen LogP) is 1.63. The van der Waals surface area contributed by atoms with Crippen LogP contribution in [0.25, 0.3) is 0 Å². The third kappa shape index (κ3) is 3.48. The summed E-state index contributed by atoms with van der Waals surface area (Å²) in [6.45, 7) is 3.62. The van der Waals surface area contributed by atoms with Gasteiger partial charge in [0.2, 0.25) is 0 Å². The van der Waals surface area contributed by atoms with Crippen LogP contribution in [-0.2, 0) is 4.79 Å². The lowest BCUT2D eigenvalue weighted by atomic mass is 10.2. The number of carbonyl (C=O) groups excluding carboxylic acids is 1. The topological polar surface area (TPSA) is 66.8 Å². The van der Waals surface area contributed by atoms with Gasteiger partial charge in [-0.1, -0.05) is 12.1 Å². The van der Waals surface area contributed by atoms with Crippen molar-refractivity contribution in [3.8, 4) is 5.75 Å². The molecule has 5 nitrogen and oxygen atoms in total. The maximum atomic E-state index is 11.7. The van der Waals surface area contributed by atoms with Crippen molar-refractivity contribution in [2.24, 2.45) is 0 Å². The number of rotatable bonds is 5. The van der Waals surface area contributed by atoms with E-state index < -0.39 is 5.97 Å². The number of ether oxygens (including phenoxy) is 1. The Morgan fingerprint density at radius 3 is 2.50 bits per heavy atom. The number of nitrogens with zero attached hydrogens (tertiary/aromatic N) is 1. The van der Waals surface area contributed by atoms with Gasteiger partial charge in [0.15, 0.2) is 6.61 Å². The van der Waals surface area contributed by atoms with Gasteiger partial charge in [-0.3, -0.25) is 4.79 Å². The fourth-order valence-corrected chi connectivity index (χ4v) is 1.30. The predicted molar refractivity (Wildman–Crippen MR) is 66.8 cm³/mol. The Bertz CT molecular complexity index is 442. The third-order valence-corrected chi connectivity index (χ3v) is 2.64. The highest BCUT2D eigenvalue weighted by molar-refractivity contribution is 5.91. The zero-order chi connectivity index (χ0) is 13.7. The molecule has 1 rings (SSSR count). The Morgan fingerprint density at radius 1 is 1.33 bits per heavy atom. The number of benzene rings is 1. The Hall–Kier alpha value is -2.04. The van der Waals surface area contributed by atoms with Crippen LogP contribution in [0, 0.1) is 0 Å². The molecule has 0 bridgehead atoms. The van der Waals surface area contributed by atoms with Gasteiger partial charge in [-0.05, 0) is 26.0 Å². The number of hydrogen-bond acceptors (Lipinski definition) is 3. The largest absolute Gasteiger partial charge is 0.483 e. The molecule has 0 saturated carbocycles. The number of para-hydroxylation sites is 1. The van der Waals surface area contributed by atoms with E-state index in [4.69, 9.17) is 9.84 Å². The number of carboxylic acid groups (broad SMARTS) is 1. The highest BCUT2D eigenvalue weighted by Gasteiger charge is 2.15. The first kappa shape index (κ1) is 14.0. The van der Waals surface area contributed by atoms with E-state index in [1.54, 1.807) is 24.1 Å². The number of likely N-dealkylation sites (N-methyl/N-ethyl adjacent to an activating group) is 1. The van der Waals surface area contributed by atoms with Crippen molar-refractivity contribution in [2.45, 2.75) is 19.9 Å². The summed E-state index contributed by atoms with van der Waals surface area (Å²) in [5, 5.41) is 8.95. The van der Waals surface area contributed by atoms with Gasteiger partial charge in [0.25, 0.3) is 5.91 Å². The lowest BCUT2D eigenvalue weighted by Crippen LogP contribution is -2.36. The molecule has 1 aromatic rings. The van der Waals surface area contributed by atoms with E-state index in [1.807, 2.05) is 13.8 Å². The van der Waals surface area contributed by atoms with Gasteiger partial charge in [-0.15, -0.1) is 0 Å². The summed E-state index contributed by atoms with van der Waals surface area (Å²) in [5.74, 6) is -1.06. The van der Waals surface area contributed by atoms with Crippen LogP contribution in [0.3, 0.4) is 0 Å². The molecule has 0 atom stereocenters. The average molecular weight is 251 g/mol. The smallest absolute Gasteiger partial charge is 0.339 e. The SMILES string of the molecule is CC(C)N(C)C(=O)COc1ccccc1C(=O)O. The monoisotopic (exact) mass is 251 g/mol. The van der Waals surface area contributed by atoms with Crippen molar-refractivity contribution in [3.63, 3.8) is 0 Å². The molecule has 0 aliphatic rings. The number of hydrogen-bond donors (Lipinski definition) is 1. The molecule has 0 spiro atoms. The second-order valence-electron chi connectivity index (χ2n) is 4.19. The summed E-state index contributed by atoms with van der Waals surface area (Å²) >= 11 is 0. The van der Waals surface area contributed by atoms with Gasteiger partial charge in [-0.25, -0.2) is 4.79 Å². The van der Waals surface area contributed by atoms with Crippen LogP contribution in [0.2, 0.25) is 0 Å². The highest BCUT2D eigenvalue weighted by Crippen LogP contribution is 2.17. The zero-order valence-electron chi connectivity index (χ0n) is 10.7. The Labute approximate surface area is 106 Å². The molecule has 1 N–H and O–H groups in total. The van der Waals surface area contributed by atoms with Crippen LogP contribution >= 0.6 is 0 Å². The molecular formula is C13H17NO4. The van der Waals surface area contributed by atoms with Crippen LogP contribution in [-0.4, -0.2) is 41.6 Å². The van der Waals surface area contributed by atoms with Gasteiger partial charge in [0.1, 0.15) is 11.3 Å². The van der Waals surface area contributed by atoms with Crippen molar-refractivity contribution < 1.29 is 19.4 Å². The summed E-state index contributed by atoms with van der Waals surface area (Å²) in [7, 11) is 1.68. The molecule has 0 radical (unpaired) electrons. The molecule has 0 aliphatic heterocycles. The van der Waals surface area contributed by atoms with Crippen LogP contribution in [0.1, 0.15) is 24.2 Å². The molecule has 18 heavy (non-hydrogen) atoms. The van der Waals surface area contributed by atoms with E-state index >= 15 is 0 Å². The lowest BCUT2D eigenvalue weighted by molar-refractivity contribution is -0.133. The highest BCUT2D eigenvalue weighted by atomic mass is 16.5. The maximum Gasteiger partial charge on any atom is 0.339 e. The van der Waals surface area contributed by atoms with Crippen molar-refractivity contribution in [3.05, 3.63) is 29.8 Å². The lowest BCUT2D eigenvalue weighted by Gasteiger charge is -2.21. The number of aromatic carboxylic acids is 1. The van der Waals surface area contributed by atoms with Crippen molar-refractivity contribution in [1.29, 1.82) is 0 Å². The molecule has 0 heterocycles. The maximum absolute atomic E-state index is 11.7. The van der Waals surface area contributed by atoms with E-state index in [2.05, 4.69) is 0 Å². The number of amides is 1. The van der Waals surface area contributed by atoms with Crippen molar-refractivity contribution in [1.82, 2.24) is 4.90 Å². The Balaban J connectivity index is 2.70. The van der Waals surface area contributed by atoms with Crippen LogP contribution < -0.4 is 4.74 Å². The minimum absolute atomic E-state index is 0.0532. The molecule has 0 saturated heterocycles. The van der Waals surface area contributed by atoms with Crippen molar-refractivity contribution >= 4 is 11.9 Å². The van der Waals surface area contributed by atoms with E-state index in [9.17, 15) is 9.59 Å². The van der Waals surface area contributed by atoms with Gasteiger partial charge >= 0.3 is 5.97 Å². The fourth-order valence-electron chi connectivity index (χ4n) is 1.30. The molecule has 98 valence electrons. The fraction of sp³-hybridized carbons (Fsp3) is 0.385. The quantitative estimate of drug-likeness (QED) is 0.863. The molecule has 5 heteroatoms. The first-order valence-electron chi connectivity index (χ1n) is 5.64. The second-order valence-corrected chi connectivity index (χ2v) is 4.19. The van der Waals surface area contributed by atoms with Gasteiger partial charge in [-0.2, -0.15) is 0 Å². The standard InChI is InChI=1S/C13H17NO4/c1-9(2)14(3)12(15)8-18-11-7-5-4-6-10(11)13(16)17/h4-7,9H,8H2,1-3H3,(H,16,17). The summed E-state index contributed by atoms with van der Waals surface area (Å²) in [6, 6.07) is 6.33. The van der Waals surface area contributed by atoms with Gasteiger partial charge in [0, 0.05) is 13.1 Å². The number of carboxylic acids is 1. The van der Waals surface area contributed by atoms with E-state index in [0.717, 1.165) is 0 Å². The zero-order valence-corrected chi connectivity index (χ0v) is 10.7. The summed E-state index contributed by atoms with van der Waals surface area (Å²) in [6.07, 6.45) is 0. The van der Waals surface area contributed by atoms with Crippen LogP contribution in [0.15, 0.2) is 24.3 Å². The van der Waals surface area contributed by atoms with E-state index in [0.29, 0.717) is 0 Å². The molecule has 1 aromatic carbocycles. The van der Waals surface area contributed by atoms with Crippen LogP contribution in [0.5, 0.6) is 5.75 Å². The molecule has 0 fully saturated rings.